The van der Waals surface area contributed by atoms with E-state index in [0.717, 1.165) is 18.8 Å². The topological polar surface area (TPSA) is 52.6 Å². The van der Waals surface area contributed by atoms with E-state index < -0.39 is 11.5 Å². The highest BCUT2D eigenvalue weighted by Gasteiger charge is 2.45. The van der Waals surface area contributed by atoms with Crippen LogP contribution in [0.4, 0.5) is 0 Å². The third kappa shape index (κ3) is 4.16. The molecule has 4 nitrogen and oxygen atoms in total. The SMILES string of the molecule is CN(C)CCNC1(C(=O)O)CSCC(C)(C)C1. The lowest BCUT2D eigenvalue weighted by Gasteiger charge is -2.42. The highest BCUT2D eigenvalue weighted by molar-refractivity contribution is 7.99. The van der Waals surface area contributed by atoms with Gasteiger partial charge in [-0.3, -0.25) is 10.1 Å². The third-order valence-corrected chi connectivity index (χ3v) is 4.74. The zero-order valence-corrected chi connectivity index (χ0v) is 12.1. The van der Waals surface area contributed by atoms with E-state index >= 15 is 0 Å². The first-order valence-corrected chi connectivity index (χ1v) is 7.14. The van der Waals surface area contributed by atoms with Crippen LogP contribution in [0, 0.1) is 5.41 Å². The summed E-state index contributed by atoms with van der Waals surface area (Å²) in [7, 11) is 3.99. The van der Waals surface area contributed by atoms with E-state index in [0.29, 0.717) is 12.2 Å². The van der Waals surface area contributed by atoms with E-state index in [9.17, 15) is 9.90 Å². The van der Waals surface area contributed by atoms with Crippen molar-refractivity contribution in [2.75, 3.05) is 38.7 Å². The molecule has 0 spiro atoms. The van der Waals surface area contributed by atoms with E-state index in [4.69, 9.17) is 0 Å². The lowest BCUT2D eigenvalue weighted by Crippen LogP contribution is -2.59. The van der Waals surface area contributed by atoms with Crippen molar-refractivity contribution >= 4 is 17.7 Å². The molecule has 0 bridgehead atoms. The summed E-state index contributed by atoms with van der Waals surface area (Å²) in [5, 5.41) is 12.8. The standard InChI is InChI=1S/C12H24N2O2S/c1-11(2)7-12(10(15)16,9-17-8-11)13-5-6-14(3)4/h13H,5-9H2,1-4H3,(H,15,16). The predicted molar refractivity (Wildman–Crippen MR) is 72.6 cm³/mol. The molecule has 1 aliphatic heterocycles. The molecule has 2 N–H and O–H groups in total. The average Bonchev–Trinajstić information content (AvgIpc) is 2.15. The van der Waals surface area contributed by atoms with Crippen LogP contribution in [0.3, 0.4) is 0 Å². The van der Waals surface area contributed by atoms with Gasteiger partial charge in [0, 0.05) is 18.8 Å². The lowest BCUT2D eigenvalue weighted by molar-refractivity contribution is -0.145. The number of nitrogens with one attached hydrogen (secondary N) is 1. The molecule has 1 rings (SSSR count). The third-order valence-electron chi connectivity index (χ3n) is 3.05. The number of aliphatic carboxylic acids is 1. The molecule has 1 aliphatic rings. The van der Waals surface area contributed by atoms with Gasteiger partial charge in [-0.25, -0.2) is 0 Å². The Morgan fingerprint density at radius 2 is 2.06 bits per heavy atom. The van der Waals surface area contributed by atoms with Gasteiger partial charge in [0.1, 0.15) is 5.54 Å². The summed E-state index contributed by atoms with van der Waals surface area (Å²) in [5.74, 6) is 0.993. The zero-order valence-electron chi connectivity index (χ0n) is 11.2. The van der Waals surface area contributed by atoms with Crippen molar-refractivity contribution in [1.82, 2.24) is 10.2 Å². The second-order valence-corrected chi connectivity index (χ2v) is 6.94. The number of nitrogens with zero attached hydrogens (tertiary/aromatic N) is 1. The van der Waals surface area contributed by atoms with Crippen molar-refractivity contribution < 1.29 is 9.90 Å². The van der Waals surface area contributed by atoms with E-state index in [1.165, 1.54) is 0 Å². The molecule has 5 heteroatoms. The molecule has 0 saturated carbocycles. The molecule has 1 fully saturated rings. The number of hydrogen-bond donors (Lipinski definition) is 2. The maximum absolute atomic E-state index is 11.6. The molecule has 1 unspecified atom stereocenters. The fourth-order valence-electron chi connectivity index (χ4n) is 2.27. The van der Waals surface area contributed by atoms with Crippen molar-refractivity contribution in [1.29, 1.82) is 0 Å². The Bertz CT molecular complexity index is 282. The van der Waals surface area contributed by atoms with Crippen LogP contribution >= 0.6 is 11.8 Å². The minimum atomic E-state index is -0.748. The number of carboxylic acids is 1. The van der Waals surface area contributed by atoms with Gasteiger partial charge >= 0.3 is 5.97 Å². The number of likely N-dealkylation sites (N-methyl/N-ethyl adjacent to an activating group) is 1. The summed E-state index contributed by atoms with van der Waals surface area (Å²) >= 11 is 1.74. The highest BCUT2D eigenvalue weighted by atomic mass is 32.2. The van der Waals surface area contributed by atoms with Gasteiger partial charge in [0.2, 0.25) is 0 Å². The largest absolute Gasteiger partial charge is 0.480 e. The van der Waals surface area contributed by atoms with Crippen LogP contribution in [0.5, 0.6) is 0 Å². The Morgan fingerprint density at radius 3 is 2.53 bits per heavy atom. The fraction of sp³-hybridized carbons (Fsp3) is 0.917. The molecule has 100 valence electrons. The van der Waals surface area contributed by atoms with Crippen LogP contribution in [0.2, 0.25) is 0 Å². The van der Waals surface area contributed by atoms with Gasteiger partial charge in [-0.05, 0) is 31.7 Å². The van der Waals surface area contributed by atoms with E-state index in [2.05, 4.69) is 24.1 Å². The first-order chi connectivity index (χ1) is 7.77. The monoisotopic (exact) mass is 260 g/mol. The summed E-state index contributed by atoms with van der Waals surface area (Å²) < 4.78 is 0. The number of rotatable bonds is 5. The van der Waals surface area contributed by atoms with E-state index in [-0.39, 0.29) is 5.41 Å². The van der Waals surface area contributed by atoms with Gasteiger partial charge in [-0.2, -0.15) is 11.8 Å². The van der Waals surface area contributed by atoms with Gasteiger partial charge in [0.15, 0.2) is 0 Å². The van der Waals surface area contributed by atoms with Gasteiger partial charge in [-0.1, -0.05) is 13.8 Å². The molecule has 1 atom stereocenters. The first-order valence-electron chi connectivity index (χ1n) is 5.98. The first kappa shape index (κ1) is 14.8. The Labute approximate surface area is 108 Å². The lowest BCUT2D eigenvalue weighted by atomic mass is 9.80. The van der Waals surface area contributed by atoms with Crippen molar-refractivity contribution in [3.63, 3.8) is 0 Å². The molecule has 0 radical (unpaired) electrons. The molecule has 17 heavy (non-hydrogen) atoms. The second-order valence-electron chi connectivity index (χ2n) is 5.95. The van der Waals surface area contributed by atoms with Crippen LogP contribution in [0.25, 0.3) is 0 Å². The van der Waals surface area contributed by atoms with Crippen molar-refractivity contribution in [2.24, 2.45) is 5.41 Å². The molecule has 0 aromatic carbocycles. The molecule has 0 aliphatic carbocycles. The van der Waals surface area contributed by atoms with Crippen molar-refractivity contribution in [3.8, 4) is 0 Å². The molecular formula is C12H24N2O2S. The Hall–Kier alpha value is -0.260. The van der Waals surface area contributed by atoms with Crippen molar-refractivity contribution in [2.45, 2.75) is 25.8 Å². The summed E-state index contributed by atoms with van der Waals surface area (Å²) in [6.45, 7) is 5.87. The number of carboxylic acid groups (broad SMARTS) is 1. The normalized spacial score (nSPS) is 28.3. The molecule has 1 saturated heterocycles. The number of thioether (sulfide) groups is 1. The maximum Gasteiger partial charge on any atom is 0.324 e. The molecule has 0 aromatic rings. The van der Waals surface area contributed by atoms with Crippen molar-refractivity contribution in [3.05, 3.63) is 0 Å². The zero-order chi connectivity index (χ0) is 13.1. The Morgan fingerprint density at radius 1 is 1.41 bits per heavy atom. The van der Waals surface area contributed by atoms with Crippen LogP contribution in [0.15, 0.2) is 0 Å². The quantitative estimate of drug-likeness (QED) is 0.776. The maximum atomic E-state index is 11.6. The minimum Gasteiger partial charge on any atom is -0.480 e. The van der Waals surface area contributed by atoms with Gasteiger partial charge in [0.25, 0.3) is 0 Å². The van der Waals surface area contributed by atoms with Crippen LogP contribution in [-0.2, 0) is 4.79 Å². The second kappa shape index (κ2) is 5.59. The predicted octanol–water partition coefficient (Wildman–Crippen LogP) is 1.12. The van der Waals surface area contributed by atoms with E-state index in [1.54, 1.807) is 11.8 Å². The van der Waals surface area contributed by atoms with Crippen LogP contribution in [0.1, 0.15) is 20.3 Å². The number of hydrogen-bond acceptors (Lipinski definition) is 4. The summed E-state index contributed by atoms with van der Waals surface area (Å²) in [6, 6.07) is 0. The Balaban J connectivity index is 2.66. The summed E-state index contributed by atoms with van der Waals surface area (Å²) in [5.41, 5.74) is -0.658. The van der Waals surface area contributed by atoms with Crippen LogP contribution < -0.4 is 5.32 Å². The summed E-state index contributed by atoms with van der Waals surface area (Å²) in [6.07, 6.45) is 0.704. The number of carbonyl (C=O) groups is 1. The smallest absolute Gasteiger partial charge is 0.324 e. The summed E-state index contributed by atoms with van der Waals surface area (Å²) in [4.78, 5) is 13.6. The van der Waals surface area contributed by atoms with Gasteiger partial charge in [0.05, 0.1) is 0 Å². The minimum absolute atomic E-state index is 0.0897. The highest BCUT2D eigenvalue weighted by Crippen LogP contribution is 2.39. The van der Waals surface area contributed by atoms with Gasteiger partial charge < -0.3 is 10.0 Å². The van der Waals surface area contributed by atoms with Gasteiger partial charge in [-0.15, -0.1) is 0 Å². The van der Waals surface area contributed by atoms with E-state index in [1.807, 2.05) is 14.1 Å². The average molecular weight is 260 g/mol. The Kier molecular flexibility index (Phi) is 4.86. The van der Waals surface area contributed by atoms with Crippen LogP contribution in [-0.4, -0.2) is 60.2 Å². The molecular weight excluding hydrogens is 236 g/mol. The fourth-order valence-corrected chi connectivity index (χ4v) is 3.70. The molecule has 0 amide bonds. The molecule has 0 aromatic heterocycles. The molecule has 1 heterocycles.